The fraction of sp³-hybridized carbons (Fsp3) is 0.280. The van der Waals surface area contributed by atoms with Crippen molar-refractivity contribution in [3.05, 3.63) is 82.6 Å². The summed E-state index contributed by atoms with van der Waals surface area (Å²) in [4.78, 5) is 24.3. The molecule has 8 nitrogen and oxygen atoms in total. The Kier molecular flexibility index (Phi) is 9.66. The van der Waals surface area contributed by atoms with E-state index in [0.717, 1.165) is 5.56 Å². The van der Waals surface area contributed by atoms with Crippen LogP contribution in [0.3, 0.4) is 0 Å². The molecule has 9 heteroatoms. The molecule has 0 saturated carbocycles. The van der Waals surface area contributed by atoms with Crippen molar-refractivity contribution in [2.75, 3.05) is 0 Å². The van der Waals surface area contributed by atoms with Crippen molar-refractivity contribution in [2.24, 2.45) is 0 Å². The number of hydrogen-bond acceptors (Lipinski definition) is 6. The van der Waals surface area contributed by atoms with E-state index in [2.05, 4.69) is 16.4 Å². The van der Waals surface area contributed by atoms with Gasteiger partial charge in [0.05, 0.1) is 5.94 Å². The van der Waals surface area contributed by atoms with Crippen LogP contribution in [0.15, 0.2) is 65.9 Å². The lowest BCUT2D eigenvalue weighted by molar-refractivity contribution is -0.118. The largest absolute Gasteiger partial charge is 0.475 e. The van der Waals surface area contributed by atoms with Crippen LogP contribution < -0.4 is 10.6 Å². The van der Waals surface area contributed by atoms with Gasteiger partial charge in [0.15, 0.2) is 5.57 Å². The van der Waals surface area contributed by atoms with E-state index in [0.29, 0.717) is 11.1 Å². The molecule has 0 spiro atoms. The smallest absolute Gasteiger partial charge is 0.445 e. The predicted molar refractivity (Wildman–Crippen MR) is 129 cm³/mol. The van der Waals surface area contributed by atoms with Crippen molar-refractivity contribution >= 4 is 25.2 Å². The summed E-state index contributed by atoms with van der Waals surface area (Å²) < 4.78 is 5.21. The van der Waals surface area contributed by atoms with Gasteiger partial charge < -0.3 is 25.4 Å². The zero-order valence-corrected chi connectivity index (χ0v) is 19.4. The van der Waals surface area contributed by atoms with Gasteiger partial charge in [0.25, 0.3) is 5.91 Å². The first-order valence-electron chi connectivity index (χ1n) is 10.7. The van der Waals surface area contributed by atoms with Crippen molar-refractivity contribution in [1.82, 2.24) is 10.6 Å². The van der Waals surface area contributed by atoms with Crippen LogP contribution in [0.1, 0.15) is 37.5 Å². The van der Waals surface area contributed by atoms with E-state index in [1.54, 1.807) is 24.3 Å². The second kappa shape index (κ2) is 12.4. The number of alkyl carbamates (subject to hydrolysis) is 1. The molecule has 2 aromatic rings. The van der Waals surface area contributed by atoms with Crippen LogP contribution in [0.4, 0.5) is 4.79 Å². The summed E-state index contributed by atoms with van der Waals surface area (Å²) in [5.41, 5.74) is 4.23. The number of carbonyl (C=O) groups excluding carboxylic acids is 2. The lowest BCUT2D eigenvalue weighted by atomic mass is 9.76. The molecule has 176 valence electrons. The monoisotopic (exact) mass is 461 g/mol. The summed E-state index contributed by atoms with van der Waals surface area (Å²) in [5, 5.41) is 33.6. The Bertz CT molecular complexity index is 1100. The predicted octanol–water partition coefficient (Wildman–Crippen LogP) is 2.51. The van der Waals surface area contributed by atoms with Crippen molar-refractivity contribution in [2.45, 2.75) is 45.3 Å². The molecule has 0 saturated heterocycles. The van der Waals surface area contributed by atoms with Gasteiger partial charge in [0, 0.05) is 5.54 Å². The molecule has 0 aromatic heterocycles. The molecule has 0 heterocycles. The van der Waals surface area contributed by atoms with E-state index in [4.69, 9.17) is 4.74 Å². The van der Waals surface area contributed by atoms with Gasteiger partial charge in [0.2, 0.25) is 0 Å². The van der Waals surface area contributed by atoms with E-state index in [-0.39, 0.29) is 18.6 Å². The molecule has 2 amide bonds. The summed E-state index contributed by atoms with van der Waals surface area (Å²) in [6.07, 6.45) is 0.938. The standard InChI is InChI=1S/C25H28BN3O5/c1-25(2,3)29-23(30)21(16-27)13-12-19-10-7-11-20(14-19)17-34-24(31)28-22(26(32)33)15-18-8-5-4-6-9-18/h4-12,14,22,32-33H,15,17H2,1-3H3,(H,28,31)(H,29,30)/t13?,22-/m0/s1. The number of amides is 2. The Labute approximate surface area is 199 Å². The Morgan fingerprint density at radius 1 is 1.12 bits per heavy atom. The van der Waals surface area contributed by atoms with Crippen LogP contribution in [0.25, 0.3) is 6.08 Å². The Morgan fingerprint density at radius 3 is 2.41 bits per heavy atom. The SMILES string of the molecule is CC(C)(C)NC(=O)C(=C=Cc1cccc(COC(=O)N[C@@H](Cc2ccccc2)B(O)O)c1)C#N. The van der Waals surface area contributed by atoms with Gasteiger partial charge >= 0.3 is 13.2 Å². The lowest BCUT2D eigenvalue weighted by Gasteiger charge is -2.19. The van der Waals surface area contributed by atoms with Gasteiger partial charge in [-0.3, -0.25) is 4.79 Å². The molecule has 0 fully saturated rings. The van der Waals surface area contributed by atoms with Crippen LogP contribution in [0.2, 0.25) is 0 Å². The second-order valence-corrected chi connectivity index (χ2v) is 8.65. The first kappa shape index (κ1) is 26.4. The van der Waals surface area contributed by atoms with E-state index in [9.17, 15) is 24.9 Å². The molecule has 0 aliphatic carbocycles. The van der Waals surface area contributed by atoms with E-state index in [1.807, 2.05) is 57.2 Å². The van der Waals surface area contributed by atoms with Gasteiger partial charge in [-0.25, -0.2) is 4.79 Å². The van der Waals surface area contributed by atoms with Crippen LogP contribution in [0, 0.1) is 11.3 Å². The topological polar surface area (TPSA) is 132 Å². The fourth-order valence-electron chi connectivity index (χ4n) is 2.92. The van der Waals surface area contributed by atoms with Crippen LogP contribution in [0.5, 0.6) is 0 Å². The summed E-state index contributed by atoms with van der Waals surface area (Å²) in [6.45, 7) is 5.38. The Hall–Kier alpha value is -3.83. The number of ether oxygens (including phenoxy) is 1. The molecule has 0 radical (unpaired) electrons. The van der Waals surface area contributed by atoms with E-state index in [1.165, 1.54) is 6.08 Å². The minimum atomic E-state index is -1.75. The third-order valence-corrected chi connectivity index (χ3v) is 4.49. The molecule has 0 unspecified atom stereocenters. The molecular weight excluding hydrogens is 433 g/mol. The number of rotatable bonds is 8. The number of hydrogen-bond donors (Lipinski definition) is 4. The molecule has 0 aliphatic heterocycles. The Balaban J connectivity index is 2.00. The molecule has 34 heavy (non-hydrogen) atoms. The summed E-state index contributed by atoms with van der Waals surface area (Å²) in [5.74, 6) is -1.45. The number of benzene rings is 2. The molecule has 4 N–H and O–H groups in total. The summed E-state index contributed by atoms with van der Waals surface area (Å²) >= 11 is 0. The normalized spacial score (nSPS) is 11.3. The molecular formula is C25H28BN3O5. The molecule has 2 rings (SSSR count). The number of carbonyl (C=O) groups is 2. The zero-order chi connectivity index (χ0) is 25.1. The maximum Gasteiger partial charge on any atom is 0.475 e. The highest BCUT2D eigenvalue weighted by Crippen LogP contribution is 2.10. The first-order chi connectivity index (χ1) is 16.1. The van der Waals surface area contributed by atoms with Gasteiger partial charge in [-0.2, -0.15) is 5.26 Å². The quantitative estimate of drug-likeness (QED) is 0.207. The third kappa shape index (κ3) is 9.35. The van der Waals surface area contributed by atoms with Crippen molar-refractivity contribution in [3.63, 3.8) is 0 Å². The second-order valence-electron chi connectivity index (χ2n) is 8.65. The van der Waals surface area contributed by atoms with Gasteiger partial charge in [-0.1, -0.05) is 54.3 Å². The highest BCUT2D eigenvalue weighted by molar-refractivity contribution is 6.43. The average Bonchev–Trinajstić information content (AvgIpc) is 2.77. The van der Waals surface area contributed by atoms with E-state index < -0.39 is 30.6 Å². The van der Waals surface area contributed by atoms with Crippen LogP contribution >= 0.6 is 0 Å². The van der Waals surface area contributed by atoms with Crippen LogP contribution in [-0.4, -0.2) is 40.6 Å². The third-order valence-electron chi connectivity index (χ3n) is 4.49. The molecule has 2 aromatic carbocycles. The van der Waals surface area contributed by atoms with Crippen molar-refractivity contribution in [3.8, 4) is 6.07 Å². The average molecular weight is 461 g/mol. The highest BCUT2D eigenvalue weighted by Gasteiger charge is 2.26. The van der Waals surface area contributed by atoms with Gasteiger partial charge in [0.1, 0.15) is 12.7 Å². The highest BCUT2D eigenvalue weighted by atomic mass is 16.5. The van der Waals surface area contributed by atoms with Crippen molar-refractivity contribution < 1.29 is 24.4 Å². The molecule has 0 bridgehead atoms. The maximum atomic E-state index is 12.2. The number of nitrogens with zero attached hydrogens (tertiary/aromatic N) is 1. The maximum absolute atomic E-state index is 12.2. The zero-order valence-electron chi connectivity index (χ0n) is 19.4. The first-order valence-corrected chi connectivity index (χ1v) is 10.7. The van der Waals surface area contributed by atoms with Gasteiger partial charge in [-0.15, -0.1) is 0 Å². The minimum Gasteiger partial charge on any atom is -0.445 e. The molecule has 1 atom stereocenters. The van der Waals surface area contributed by atoms with Crippen molar-refractivity contribution in [1.29, 1.82) is 5.26 Å². The minimum absolute atomic E-state index is 0.0631. The Morgan fingerprint density at radius 2 is 1.79 bits per heavy atom. The number of nitriles is 1. The van der Waals surface area contributed by atoms with E-state index >= 15 is 0 Å². The molecule has 0 aliphatic rings. The van der Waals surface area contributed by atoms with Crippen LogP contribution in [-0.2, 0) is 22.6 Å². The lowest BCUT2D eigenvalue weighted by Crippen LogP contribution is -2.48. The number of nitrogens with one attached hydrogen (secondary N) is 2. The fourth-order valence-corrected chi connectivity index (χ4v) is 2.92. The van der Waals surface area contributed by atoms with Gasteiger partial charge in [-0.05, 0) is 56.0 Å². The summed E-state index contributed by atoms with van der Waals surface area (Å²) in [6, 6.07) is 17.9. The summed E-state index contributed by atoms with van der Waals surface area (Å²) in [7, 11) is -1.75.